The zero-order valence-corrected chi connectivity index (χ0v) is 26.2. The predicted molar refractivity (Wildman–Crippen MR) is 167 cm³/mol. The van der Waals surface area contributed by atoms with E-state index in [1.165, 1.54) is 22.9 Å². The zero-order chi connectivity index (χ0) is 32.5. The molecular formula is C33H32N8O4S. The summed E-state index contributed by atoms with van der Waals surface area (Å²) >= 11 is 0. The van der Waals surface area contributed by atoms with Gasteiger partial charge in [0.15, 0.2) is 16.3 Å². The second-order valence-corrected chi connectivity index (χ2v) is 13.3. The molecule has 234 valence electrons. The van der Waals surface area contributed by atoms with Gasteiger partial charge in [0.25, 0.3) is 15.9 Å². The number of rotatable bonds is 8. The molecule has 2 fully saturated rings. The number of nitriles is 1. The molecule has 5 heterocycles. The van der Waals surface area contributed by atoms with Crippen LogP contribution in [0.15, 0.2) is 103 Å². The monoisotopic (exact) mass is 636 g/mol. The molecule has 0 spiro atoms. The Morgan fingerprint density at radius 1 is 0.978 bits per heavy atom. The van der Waals surface area contributed by atoms with Gasteiger partial charge >= 0.3 is 0 Å². The maximum Gasteiger partial charge on any atom is 0.263 e. The van der Waals surface area contributed by atoms with Crippen LogP contribution in [0.25, 0.3) is 0 Å². The van der Waals surface area contributed by atoms with E-state index < -0.39 is 15.6 Å². The molecule has 0 bridgehead atoms. The van der Waals surface area contributed by atoms with Crippen LogP contribution < -0.4 is 0 Å². The highest BCUT2D eigenvalue weighted by Crippen LogP contribution is 2.46. The Morgan fingerprint density at radius 3 is 2.09 bits per heavy atom. The number of imidazole rings is 1. The molecule has 3 aromatic heterocycles. The smallest absolute Gasteiger partial charge is 0.263 e. The third-order valence-corrected chi connectivity index (χ3v) is 10.5. The molecule has 0 unspecified atom stereocenters. The first kappa shape index (κ1) is 30.8. The van der Waals surface area contributed by atoms with E-state index in [0.717, 1.165) is 0 Å². The van der Waals surface area contributed by atoms with E-state index in [-0.39, 0.29) is 42.3 Å². The number of benzene rings is 1. The minimum absolute atomic E-state index is 0.0100. The number of hydrogen-bond donors (Lipinski definition) is 0. The van der Waals surface area contributed by atoms with Gasteiger partial charge in [0.05, 0.1) is 18.0 Å². The van der Waals surface area contributed by atoms with Crippen molar-refractivity contribution in [2.75, 3.05) is 26.7 Å². The van der Waals surface area contributed by atoms with Crippen LogP contribution in [-0.2, 0) is 27.4 Å². The standard InChI is InChI=1S/C33H32N8O4S/c1-38-22-30(37-23-38)46(44,45)40-17-11-25(12-18-40)21-41-31(19-29(42)26-5-3-24(20-34)4-6-26)39(2)33(32(41)43,27-7-13-35-14-8-27)28-9-15-36-16-10-28/h3-10,13-16,19,22-23,25H,11-12,17-18,21H2,1-2H3. The number of amides is 1. The van der Waals surface area contributed by atoms with Gasteiger partial charge in [-0.1, -0.05) is 0 Å². The number of carbonyl (C=O) groups is 2. The van der Waals surface area contributed by atoms with Crippen molar-refractivity contribution in [2.45, 2.75) is 23.4 Å². The topological polar surface area (TPSA) is 145 Å². The van der Waals surface area contributed by atoms with Crippen molar-refractivity contribution < 1.29 is 18.0 Å². The molecule has 2 saturated heterocycles. The molecule has 2 aliphatic rings. The van der Waals surface area contributed by atoms with Crippen molar-refractivity contribution in [1.82, 2.24) is 33.6 Å². The van der Waals surface area contributed by atoms with Gasteiger partial charge in [-0.15, -0.1) is 0 Å². The number of sulfonamides is 1. The predicted octanol–water partition coefficient (Wildman–Crippen LogP) is 2.92. The highest BCUT2D eigenvalue weighted by Gasteiger charge is 2.56. The van der Waals surface area contributed by atoms with Crippen molar-refractivity contribution in [3.63, 3.8) is 0 Å². The molecule has 0 N–H and O–H groups in total. The van der Waals surface area contributed by atoms with Crippen molar-refractivity contribution in [3.8, 4) is 6.07 Å². The second kappa shape index (κ2) is 12.3. The third kappa shape index (κ3) is 5.35. The molecule has 0 saturated carbocycles. The summed E-state index contributed by atoms with van der Waals surface area (Å²) in [6.45, 7) is 0.847. The molecule has 0 radical (unpaired) electrons. The molecule has 46 heavy (non-hydrogen) atoms. The van der Waals surface area contributed by atoms with Crippen molar-refractivity contribution in [2.24, 2.45) is 13.0 Å². The van der Waals surface area contributed by atoms with Crippen molar-refractivity contribution in [3.05, 3.63) is 120 Å². The molecule has 2 aliphatic heterocycles. The summed E-state index contributed by atoms with van der Waals surface area (Å²) in [6.07, 6.45) is 12.0. The average Bonchev–Trinajstić information content (AvgIpc) is 3.62. The molecule has 6 rings (SSSR count). The number of carbonyl (C=O) groups excluding carboxylic acids is 2. The molecule has 13 heteroatoms. The fourth-order valence-corrected chi connectivity index (χ4v) is 7.72. The van der Waals surface area contributed by atoms with Crippen LogP contribution >= 0.6 is 0 Å². The number of ketones is 1. The first-order chi connectivity index (χ1) is 22.2. The van der Waals surface area contributed by atoms with Crippen LogP contribution in [0.2, 0.25) is 0 Å². The fourth-order valence-electron chi connectivity index (χ4n) is 6.29. The van der Waals surface area contributed by atoms with Crippen LogP contribution in [-0.4, -0.2) is 80.4 Å². The van der Waals surface area contributed by atoms with E-state index in [2.05, 4.69) is 21.0 Å². The first-order valence-electron chi connectivity index (χ1n) is 14.8. The number of piperidine rings is 1. The Morgan fingerprint density at radius 2 is 1.57 bits per heavy atom. The number of aryl methyl sites for hydroxylation is 1. The normalized spacial score (nSPS) is 18.2. The van der Waals surface area contributed by atoms with E-state index in [1.54, 1.807) is 96.9 Å². The first-order valence-corrected chi connectivity index (χ1v) is 16.2. The van der Waals surface area contributed by atoms with E-state index in [1.807, 2.05) is 4.90 Å². The molecule has 0 aliphatic carbocycles. The van der Waals surface area contributed by atoms with Crippen LogP contribution in [0, 0.1) is 17.2 Å². The number of nitrogens with zero attached hydrogens (tertiary/aromatic N) is 8. The van der Waals surface area contributed by atoms with Crippen LogP contribution in [0.5, 0.6) is 0 Å². The summed E-state index contributed by atoms with van der Waals surface area (Å²) in [5.74, 6) is -0.182. The minimum Gasteiger partial charge on any atom is -0.339 e. The molecule has 1 aromatic carbocycles. The van der Waals surface area contributed by atoms with Crippen LogP contribution in [0.3, 0.4) is 0 Å². The molecule has 4 aromatic rings. The lowest BCUT2D eigenvalue weighted by atomic mass is 9.82. The Balaban J connectivity index is 1.36. The number of likely N-dealkylation sites (N-methyl/N-ethyl adjacent to an activating group) is 1. The number of hydrogen-bond acceptors (Lipinski definition) is 9. The average molecular weight is 637 g/mol. The maximum absolute atomic E-state index is 14.9. The number of allylic oxidation sites excluding steroid dienone is 1. The number of aromatic nitrogens is 4. The van der Waals surface area contributed by atoms with E-state index in [4.69, 9.17) is 0 Å². The summed E-state index contributed by atoms with van der Waals surface area (Å²) in [7, 11) is -0.230. The summed E-state index contributed by atoms with van der Waals surface area (Å²) in [5.41, 5.74) is 0.856. The van der Waals surface area contributed by atoms with Crippen LogP contribution in [0.1, 0.15) is 39.9 Å². The van der Waals surface area contributed by atoms with Gasteiger partial charge in [0, 0.05) is 76.4 Å². The molecular weight excluding hydrogens is 604 g/mol. The van der Waals surface area contributed by atoms with E-state index >= 15 is 0 Å². The molecule has 0 atom stereocenters. The summed E-state index contributed by atoms with van der Waals surface area (Å²) in [4.78, 5) is 44.4. The minimum atomic E-state index is -3.74. The Hall–Kier alpha value is -5.19. The van der Waals surface area contributed by atoms with E-state index in [0.29, 0.717) is 40.9 Å². The van der Waals surface area contributed by atoms with Crippen molar-refractivity contribution in [1.29, 1.82) is 5.26 Å². The van der Waals surface area contributed by atoms with Gasteiger partial charge in [-0.3, -0.25) is 24.5 Å². The summed E-state index contributed by atoms with van der Waals surface area (Å²) in [5, 5.41) is 9.21. The van der Waals surface area contributed by atoms with Gasteiger partial charge < -0.3 is 9.47 Å². The van der Waals surface area contributed by atoms with Gasteiger partial charge in [-0.05, 0) is 78.4 Å². The van der Waals surface area contributed by atoms with Gasteiger partial charge in [0.2, 0.25) is 0 Å². The Labute approximate surface area is 267 Å². The molecule has 12 nitrogen and oxygen atoms in total. The van der Waals surface area contributed by atoms with Gasteiger partial charge in [-0.2, -0.15) is 9.57 Å². The number of pyridine rings is 2. The molecule has 1 amide bonds. The largest absolute Gasteiger partial charge is 0.339 e. The van der Waals surface area contributed by atoms with Crippen molar-refractivity contribution >= 4 is 21.7 Å². The fraction of sp³-hybridized carbons (Fsp3) is 0.273. The lowest BCUT2D eigenvalue weighted by Gasteiger charge is -2.35. The lowest BCUT2D eigenvalue weighted by molar-refractivity contribution is -0.132. The van der Waals surface area contributed by atoms with Gasteiger partial charge in [-0.25, -0.2) is 13.4 Å². The Bertz CT molecular complexity index is 1890. The zero-order valence-electron chi connectivity index (χ0n) is 25.4. The van der Waals surface area contributed by atoms with E-state index in [9.17, 15) is 23.3 Å². The Kier molecular flexibility index (Phi) is 8.24. The highest BCUT2D eigenvalue weighted by molar-refractivity contribution is 7.89. The summed E-state index contributed by atoms with van der Waals surface area (Å²) in [6, 6.07) is 15.6. The van der Waals surface area contributed by atoms with Gasteiger partial charge in [0.1, 0.15) is 5.82 Å². The second-order valence-electron chi connectivity index (χ2n) is 11.4. The maximum atomic E-state index is 14.9. The quantitative estimate of drug-likeness (QED) is 0.211. The van der Waals surface area contributed by atoms with Crippen LogP contribution in [0.4, 0.5) is 0 Å². The summed E-state index contributed by atoms with van der Waals surface area (Å²) < 4.78 is 29.4. The SMILES string of the molecule is CN1C(=CC(=O)c2ccc(C#N)cc2)N(CC2CCN(S(=O)(=O)c3cn(C)cn3)CC2)C(=O)C1(c1ccncc1)c1ccncc1. The third-order valence-electron chi connectivity index (χ3n) is 8.73. The highest BCUT2D eigenvalue weighted by atomic mass is 32.2. The lowest BCUT2D eigenvalue weighted by Crippen LogP contribution is -2.46.